The van der Waals surface area contributed by atoms with Crippen molar-refractivity contribution in [2.75, 3.05) is 32.8 Å². The number of ketones is 1. The standard InChI is InChI=1S/C34H36FN3O5/c1-21(2)38-14-11-25-17-24(9-10-29(25)38)22-5-7-23(8-6-22)32(40)34(41)36-28(20-37-12-3-4-13-37)31(39)26-18-27(35)33-30(19-26)42-15-16-43-33/h5-11,14,17-19,21,28,31,39H,3-4,12-13,15-16,20H2,1-2H3,(H,36,41). The molecule has 3 aromatic carbocycles. The van der Waals surface area contributed by atoms with Crippen LogP contribution >= 0.6 is 0 Å². The minimum atomic E-state index is -1.27. The van der Waals surface area contributed by atoms with Crippen LogP contribution in [0.25, 0.3) is 22.0 Å². The van der Waals surface area contributed by atoms with Crippen molar-refractivity contribution < 1.29 is 28.6 Å². The Morgan fingerprint density at radius 1 is 0.953 bits per heavy atom. The van der Waals surface area contributed by atoms with Crippen LogP contribution in [0.3, 0.4) is 0 Å². The summed E-state index contributed by atoms with van der Waals surface area (Å²) in [6.45, 7) is 6.75. The molecule has 1 saturated heterocycles. The van der Waals surface area contributed by atoms with Crippen molar-refractivity contribution in [3.05, 3.63) is 83.8 Å². The topological polar surface area (TPSA) is 93.0 Å². The number of halogens is 1. The molecule has 4 aromatic rings. The molecule has 1 aromatic heterocycles. The number of nitrogens with zero attached hydrogens (tertiary/aromatic N) is 2. The molecule has 9 heteroatoms. The van der Waals surface area contributed by atoms with Crippen molar-refractivity contribution in [1.29, 1.82) is 0 Å². The Kier molecular flexibility index (Phi) is 8.19. The molecule has 1 amide bonds. The number of Topliss-reactive ketones (excluding diaryl/α,β-unsaturated/α-hetero) is 1. The van der Waals surface area contributed by atoms with Gasteiger partial charge < -0.3 is 29.4 Å². The van der Waals surface area contributed by atoms with E-state index in [4.69, 9.17) is 9.47 Å². The molecule has 2 atom stereocenters. The smallest absolute Gasteiger partial charge is 0.292 e. The summed E-state index contributed by atoms with van der Waals surface area (Å²) in [6, 6.07) is 17.5. The van der Waals surface area contributed by atoms with Gasteiger partial charge in [0.05, 0.1) is 6.04 Å². The first-order valence-electron chi connectivity index (χ1n) is 14.8. The highest BCUT2D eigenvalue weighted by molar-refractivity contribution is 6.42. The third kappa shape index (κ3) is 6.00. The lowest BCUT2D eigenvalue weighted by Gasteiger charge is -2.29. The minimum absolute atomic E-state index is 0.00911. The van der Waals surface area contributed by atoms with E-state index >= 15 is 0 Å². The van der Waals surface area contributed by atoms with Crippen LogP contribution in [0.1, 0.15) is 54.8 Å². The fourth-order valence-electron chi connectivity index (χ4n) is 5.97. The van der Waals surface area contributed by atoms with Crippen molar-refractivity contribution in [2.24, 2.45) is 0 Å². The number of carbonyl (C=O) groups is 2. The lowest BCUT2D eigenvalue weighted by atomic mass is 9.99. The second-order valence-electron chi connectivity index (χ2n) is 11.6. The van der Waals surface area contributed by atoms with Crippen molar-refractivity contribution in [2.45, 2.75) is 44.9 Å². The summed E-state index contributed by atoms with van der Waals surface area (Å²) in [4.78, 5) is 28.5. The first-order chi connectivity index (χ1) is 20.8. The zero-order valence-corrected chi connectivity index (χ0v) is 24.4. The Balaban J connectivity index is 1.19. The average molecular weight is 586 g/mol. The van der Waals surface area contributed by atoms with E-state index in [9.17, 15) is 19.1 Å². The van der Waals surface area contributed by atoms with Gasteiger partial charge in [0, 0.05) is 35.2 Å². The van der Waals surface area contributed by atoms with E-state index in [0.29, 0.717) is 12.6 Å². The van der Waals surface area contributed by atoms with Gasteiger partial charge in [-0.1, -0.05) is 30.3 Å². The first kappa shape index (κ1) is 28.9. The van der Waals surface area contributed by atoms with E-state index in [1.165, 1.54) is 12.1 Å². The van der Waals surface area contributed by atoms with Crippen LogP contribution in [-0.2, 0) is 4.79 Å². The maximum absolute atomic E-state index is 14.8. The number of aliphatic hydroxyl groups excluding tert-OH is 1. The van der Waals surface area contributed by atoms with Gasteiger partial charge in [-0.15, -0.1) is 0 Å². The lowest BCUT2D eigenvalue weighted by Crippen LogP contribution is -2.48. The molecule has 2 aliphatic rings. The SMILES string of the molecule is CC(C)n1ccc2cc(-c3ccc(C(=O)C(=O)NC(CN4CCCC4)C(O)c4cc(F)c5c(c4)OCCO5)cc3)ccc21. The Bertz CT molecular complexity index is 1640. The predicted octanol–water partition coefficient (Wildman–Crippen LogP) is 5.30. The predicted molar refractivity (Wildman–Crippen MR) is 162 cm³/mol. The van der Waals surface area contributed by atoms with Gasteiger partial charge >= 0.3 is 0 Å². The van der Waals surface area contributed by atoms with Crippen LogP contribution in [0.2, 0.25) is 0 Å². The van der Waals surface area contributed by atoms with Gasteiger partial charge in [-0.3, -0.25) is 9.59 Å². The number of hydrogen-bond acceptors (Lipinski definition) is 6. The van der Waals surface area contributed by atoms with Gasteiger partial charge in [0.1, 0.15) is 19.3 Å². The van der Waals surface area contributed by atoms with Gasteiger partial charge in [-0.05, 0) is 86.8 Å². The molecule has 2 aliphatic heterocycles. The number of benzene rings is 3. The molecule has 2 N–H and O–H groups in total. The van der Waals surface area contributed by atoms with Gasteiger partial charge in [0.2, 0.25) is 5.78 Å². The molecule has 2 unspecified atom stereocenters. The second-order valence-corrected chi connectivity index (χ2v) is 11.6. The zero-order valence-electron chi connectivity index (χ0n) is 24.4. The Hall–Kier alpha value is -4.21. The number of ether oxygens (including phenoxy) is 2. The van der Waals surface area contributed by atoms with Crippen LogP contribution in [-0.4, -0.2) is 65.2 Å². The highest BCUT2D eigenvalue weighted by Crippen LogP contribution is 2.36. The quantitative estimate of drug-likeness (QED) is 0.205. The number of fused-ring (bicyclic) bond motifs is 2. The summed E-state index contributed by atoms with van der Waals surface area (Å²) >= 11 is 0. The number of rotatable bonds is 9. The molecule has 0 spiro atoms. The number of likely N-dealkylation sites (tertiary alicyclic amines) is 1. The van der Waals surface area contributed by atoms with Crippen LogP contribution in [0.5, 0.6) is 11.5 Å². The van der Waals surface area contributed by atoms with E-state index in [2.05, 4.69) is 59.1 Å². The third-order valence-electron chi connectivity index (χ3n) is 8.28. The number of carbonyl (C=O) groups excluding carboxylic acids is 2. The fraction of sp³-hybridized carbons (Fsp3) is 0.353. The van der Waals surface area contributed by atoms with Crippen molar-refractivity contribution in [1.82, 2.24) is 14.8 Å². The van der Waals surface area contributed by atoms with Crippen molar-refractivity contribution >= 4 is 22.6 Å². The van der Waals surface area contributed by atoms with E-state index in [-0.39, 0.29) is 35.8 Å². The van der Waals surface area contributed by atoms with Crippen molar-refractivity contribution in [3.63, 3.8) is 0 Å². The summed E-state index contributed by atoms with van der Waals surface area (Å²) < 4.78 is 27.9. The zero-order chi connectivity index (χ0) is 30.1. The summed E-state index contributed by atoms with van der Waals surface area (Å²) in [6.07, 6.45) is 2.83. The van der Waals surface area contributed by atoms with E-state index in [0.717, 1.165) is 48.0 Å². The fourth-order valence-corrected chi connectivity index (χ4v) is 5.97. The van der Waals surface area contributed by atoms with Gasteiger partial charge in [0.15, 0.2) is 17.3 Å². The Labute approximate surface area is 250 Å². The molecule has 1 fully saturated rings. The molecule has 3 heterocycles. The molecular weight excluding hydrogens is 549 g/mol. The number of nitrogens with one attached hydrogen (secondary N) is 1. The number of aliphatic hydroxyl groups is 1. The first-order valence-corrected chi connectivity index (χ1v) is 14.8. The number of aromatic nitrogens is 1. The molecule has 6 rings (SSSR count). The Morgan fingerprint density at radius 3 is 2.42 bits per heavy atom. The van der Waals surface area contributed by atoms with Crippen molar-refractivity contribution in [3.8, 4) is 22.6 Å². The summed E-state index contributed by atoms with van der Waals surface area (Å²) in [5.41, 5.74) is 3.58. The highest BCUT2D eigenvalue weighted by atomic mass is 19.1. The second kappa shape index (κ2) is 12.2. The van der Waals surface area contributed by atoms with Crippen LogP contribution in [0, 0.1) is 5.82 Å². The molecule has 0 bridgehead atoms. The van der Waals surface area contributed by atoms with Gasteiger partial charge in [0.25, 0.3) is 5.91 Å². The van der Waals surface area contributed by atoms with Crippen LogP contribution in [0.4, 0.5) is 4.39 Å². The molecule has 8 nitrogen and oxygen atoms in total. The normalized spacial score (nSPS) is 16.4. The highest BCUT2D eigenvalue weighted by Gasteiger charge is 2.31. The molecule has 0 radical (unpaired) electrons. The summed E-state index contributed by atoms with van der Waals surface area (Å²) in [7, 11) is 0. The summed E-state index contributed by atoms with van der Waals surface area (Å²) in [5, 5.41) is 15.2. The average Bonchev–Trinajstić information content (AvgIpc) is 3.70. The van der Waals surface area contributed by atoms with Crippen LogP contribution < -0.4 is 14.8 Å². The molecule has 43 heavy (non-hydrogen) atoms. The lowest BCUT2D eigenvalue weighted by molar-refractivity contribution is -0.118. The number of amides is 1. The molecule has 224 valence electrons. The van der Waals surface area contributed by atoms with Gasteiger partial charge in [-0.25, -0.2) is 4.39 Å². The maximum Gasteiger partial charge on any atom is 0.292 e. The molecular formula is C34H36FN3O5. The van der Waals surface area contributed by atoms with E-state index in [1.807, 2.05) is 12.1 Å². The largest absolute Gasteiger partial charge is 0.486 e. The Morgan fingerprint density at radius 2 is 1.67 bits per heavy atom. The van der Waals surface area contributed by atoms with E-state index < -0.39 is 29.7 Å². The molecule has 0 saturated carbocycles. The monoisotopic (exact) mass is 585 g/mol. The maximum atomic E-state index is 14.8. The third-order valence-corrected chi connectivity index (χ3v) is 8.28. The number of hydrogen-bond donors (Lipinski definition) is 2. The van der Waals surface area contributed by atoms with E-state index in [1.54, 1.807) is 12.1 Å². The van der Waals surface area contributed by atoms with Crippen LogP contribution in [0.15, 0.2) is 66.9 Å². The summed E-state index contributed by atoms with van der Waals surface area (Å²) in [5.74, 6) is -1.96. The van der Waals surface area contributed by atoms with Gasteiger partial charge in [-0.2, -0.15) is 0 Å². The minimum Gasteiger partial charge on any atom is -0.486 e. The molecule has 0 aliphatic carbocycles.